The maximum absolute atomic E-state index is 4.61. The van der Waals surface area contributed by atoms with E-state index in [0.717, 1.165) is 29.7 Å². The van der Waals surface area contributed by atoms with E-state index < -0.39 is 0 Å². The molecule has 0 amide bonds. The first-order valence-electron chi connectivity index (χ1n) is 6.56. The van der Waals surface area contributed by atoms with Crippen LogP contribution in [0.5, 0.6) is 0 Å². The number of nitrogens with one attached hydrogen (secondary N) is 1. The summed E-state index contributed by atoms with van der Waals surface area (Å²) in [6, 6.07) is 7.97. The number of fused-ring (bicyclic) bond motifs is 1. The first kappa shape index (κ1) is 13.0. The largest absolute Gasteiger partial charge is 0.306 e. The third-order valence-electron chi connectivity index (χ3n) is 3.12. The summed E-state index contributed by atoms with van der Waals surface area (Å²) in [6.45, 7) is 7.43. The van der Waals surface area contributed by atoms with E-state index >= 15 is 0 Å². The van der Waals surface area contributed by atoms with Crippen LogP contribution in [0, 0.1) is 0 Å². The molecule has 18 heavy (non-hydrogen) atoms. The summed E-state index contributed by atoms with van der Waals surface area (Å²) in [6.07, 6.45) is 4.20. The molecule has 2 rings (SSSR count). The van der Waals surface area contributed by atoms with Crippen molar-refractivity contribution in [1.29, 1.82) is 0 Å². The van der Waals surface area contributed by atoms with E-state index in [2.05, 4.69) is 36.1 Å². The van der Waals surface area contributed by atoms with Crippen LogP contribution in [-0.2, 0) is 6.54 Å². The van der Waals surface area contributed by atoms with Gasteiger partial charge in [0.2, 0.25) is 0 Å². The second-order valence-corrected chi connectivity index (χ2v) is 5.34. The molecule has 2 aromatic rings. The molecule has 0 saturated heterocycles. The van der Waals surface area contributed by atoms with Crippen LogP contribution in [-0.4, -0.2) is 15.5 Å². The molecule has 0 atom stereocenters. The SMILES string of the molecule is CCCC(C)(C)NCc1cnc2ccccc2n1. The van der Waals surface area contributed by atoms with Gasteiger partial charge < -0.3 is 5.32 Å². The molecule has 0 spiro atoms. The van der Waals surface area contributed by atoms with E-state index in [9.17, 15) is 0 Å². The molecule has 1 aromatic carbocycles. The molecule has 0 unspecified atom stereocenters. The molecule has 0 bridgehead atoms. The standard InChI is InChI=1S/C15H21N3/c1-4-9-15(2,3)17-11-12-10-16-13-7-5-6-8-14(13)18-12/h5-8,10,17H,4,9,11H2,1-3H3. The molecule has 3 nitrogen and oxygen atoms in total. The first-order valence-corrected chi connectivity index (χ1v) is 6.56. The molecular formula is C15H21N3. The smallest absolute Gasteiger partial charge is 0.0890 e. The van der Waals surface area contributed by atoms with Gasteiger partial charge in [0.05, 0.1) is 22.9 Å². The Morgan fingerprint density at radius 1 is 1.17 bits per heavy atom. The first-order chi connectivity index (χ1) is 8.61. The third kappa shape index (κ3) is 3.26. The molecule has 1 heterocycles. The molecular weight excluding hydrogens is 222 g/mol. The van der Waals surface area contributed by atoms with Crippen molar-refractivity contribution in [2.75, 3.05) is 0 Å². The van der Waals surface area contributed by atoms with Crippen LogP contribution in [0.15, 0.2) is 30.5 Å². The summed E-state index contributed by atoms with van der Waals surface area (Å²) >= 11 is 0. The van der Waals surface area contributed by atoms with E-state index in [1.807, 2.05) is 30.5 Å². The number of hydrogen-bond donors (Lipinski definition) is 1. The monoisotopic (exact) mass is 243 g/mol. The molecule has 0 aliphatic carbocycles. The second kappa shape index (κ2) is 5.44. The van der Waals surface area contributed by atoms with Crippen molar-refractivity contribution in [2.24, 2.45) is 0 Å². The molecule has 0 radical (unpaired) electrons. The second-order valence-electron chi connectivity index (χ2n) is 5.34. The number of benzene rings is 1. The fourth-order valence-electron chi connectivity index (χ4n) is 2.12. The molecule has 96 valence electrons. The van der Waals surface area contributed by atoms with Crippen molar-refractivity contribution in [3.8, 4) is 0 Å². The van der Waals surface area contributed by atoms with Gasteiger partial charge in [-0.05, 0) is 32.4 Å². The van der Waals surface area contributed by atoms with E-state index in [1.165, 1.54) is 6.42 Å². The lowest BCUT2D eigenvalue weighted by Gasteiger charge is -2.25. The minimum atomic E-state index is 0.155. The highest BCUT2D eigenvalue weighted by Gasteiger charge is 2.15. The van der Waals surface area contributed by atoms with Crippen LogP contribution in [0.4, 0.5) is 0 Å². The van der Waals surface area contributed by atoms with Gasteiger partial charge in [-0.1, -0.05) is 25.5 Å². The van der Waals surface area contributed by atoms with Gasteiger partial charge in [0.15, 0.2) is 0 Å². The number of aromatic nitrogens is 2. The fourth-order valence-corrected chi connectivity index (χ4v) is 2.12. The Labute approximate surface area is 109 Å². The fraction of sp³-hybridized carbons (Fsp3) is 0.467. The van der Waals surface area contributed by atoms with Crippen molar-refractivity contribution >= 4 is 11.0 Å². The van der Waals surface area contributed by atoms with Crippen LogP contribution in [0.3, 0.4) is 0 Å². The number of rotatable bonds is 5. The van der Waals surface area contributed by atoms with Crippen LogP contribution in [0.2, 0.25) is 0 Å². The topological polar surface area (TPSA) is 37.8 Å². The van der Waals surface area contributed by atoms with E-state index in [1.54, 1.807) is 0 Å². The quantitative estimate of drug-likeness (QED) is 0.875. The van der Waals surface area contributed by atoms with Crippen molar-refractivity contribution < 1.29 is 0 Å². The maximum Gasteiger partial charge on any atom is 0.0890 e. The van der Waals surface area contributed by atoms with Crippen molar-refractivity contribution in [3.05, 3.63) is 36.2 Å². The number of para-hydroxylation sites is 2. The Morgan fingerprint density at radius 2 is 1.89 bits per heavy atom. The predicted molar refractivity (Wildman–Crippen MR) is 75.4 cm³/mol. The van der Waals surface area contributed by atoms with Gasteiger partial charge in [-0.25, -0.2) is 4.98 Å². The molecule has 0 fully saturated rings. The Balaban J connectivity index is 2.08. The average Bonchev–Trinajstić information content (AvgIpc) is 2.36. The van der Waals surface area contributed by atoms with E-state index in [-0.39, 0.29) is 5.54 Å². The minimum absolute atomic E-state index is 0.155. The molecule has 0 saturated carbocycles. The number of hydrogen-bond acceptors (Lipinski definition) is 3. The van der Waals surface area contributed by atoms with E-state index in [0.29, 0.717) is 0 Å². The van der Waals surface area contributed by atoms with Gasteiger partial charge in [0, 0.05) is 12.1 Å². The third-order valence-corrected chi connectivity index (χ3v) is 3.12. The highest BCUT2D eigenvalue weighted by molar-refractivity contribution is 5.73. The van der Waals surface area contributed by atoms with Gasteiger partial charge in [0.25, 0.3) is 0 Å². The van der Waals surface area contributed by atoms with Crippen molar-refractivity contribution in [1.82, 2.24) is 15.3 Å². The van der Waals surface area contributed by atoms with Crippen LogP contribution in [0.1, 0.15) is 39.3 Å². The molecule has 1 aromatic heterocycles. The Hall–Kier alpha value is -1.48. The van der Waals surface area contributed by atoms with Crippen molar-refractivity contribution in [2.45, 2.75) is 45.7 Å². The number of nitrogens with zero attached hydrogens (tertiary/aromatic N) is 2. The summed E-state index contributed by atoms with van der Waals surface area (Å²) in [5.41, 5.74) is 3.07. The Bertz CT molecular complexity index is 520. The lowest BCUT2D eigenvalue weighted by atomic mass is 9.99. The molecule has 1 N–H and O–H groups in total. The zero-order valence-electron chi connectivity index (χ0n) is 11.4. The summed E-state index contributed by atoms with van der Waals surface area (Å²) in [5.74, 6) is 0. The van der Waals surface area contributed by atoms with Gasteiger partial charge in [-0.2, -0.15) is 0 Å². The van der Waals surface area contributed by atoms with Gasteiger partial charge in [0.1, 0.15) is 0 Å². The predicted octanol–water partition coefficient (Wildman–Crippen LogP) is 3.30. The zero-order chi connectivity index (χ0) is 13.0. The Kier molecular flexibility index (Phi) is 3.92. The summed E-state index contributed by atoms with van der Waals surface area (Å²) in [7, 11) is 0. The highest BCUT2D eigenvalue weighted by atomic mass is 15.0. The lowest BCUT2D eigenvalue weighted by molar-refractivity contribution is 0.355. The normalized spacial score (nSPS) is 11.9. The Morgan fingerprint density at radius 3 is 2.61 bits per heavy atom. The highest BCUT2D eigenvalue weighted by Crippen LogP contribution is 2.13. The molecule has 0 aliphatic rings. The zero-order valence-corrected chi connectivity index (χ0v) is 11.4. The van der Waals surface area contributed by atoms with Crippen LogP contribution < -0.4 is 5.32 Å². The molecule has 3 heteroatoms. The molecule has 0 aliphatic heterocycles. The van der Waals surface area contributed by atoms with Crippen LogP contribution >= 0.6 is 0 Å². The van der Waals surface area contributed by atoms with Gasteiger partial charge in [-0.3, -0.25) is 4.98 Å². The van der Waals surface area contributed by atoms with Crippen molar-refractivity contribution in [3.63, 3.8) is 0 Å². The summed E-state index contributed by atoms with van der Waals surface area (Å²) < 4.78 is 0. The maximum atomic E-state index is 4.61. The summed E-state index contributed by atoms with van der Waals surface area (Å²) in [5, 5.41) is 3.54. The lowest BCUT2D eigenvalue weighted by Crippen LogP contribution is -2.38. The van der Waals surface area contributed by atoms with Gasteiger partial charge >= 0.3 is 0 Å². The van der Waals surface area contributed by atoms with Gasteiger partial charge in [-0.15, -0.1) is 0 Å². The van der Waals surface area contributed by atoms with E-state index in [4.69, 9.17) is 0 Å². The minimum Gasteiger partial charge on any atom is -0.306 e. The van der Waals surface area contributed by atoms with Crippen LogP contribution in [0.25, 0.3) is 11.0 Å². The average molecular weight is 243 g/mol. The summed E-state index contributed by atoms with van der Waals surface area (Å²) in [4.78, 5) is 9.04.